The molecule has 28 rings (SSSR count). The zero-order valence-corrected chi connectivity index (χ0v) is 71.6. The van der Waals surface area contributed by atoms with Crippen molar-refractivity contribution in [3.63, 3.8) is 0 Å². The van der Waals surface area contributed by atoms with Crippen LogP contribution in [0.3, 0.4) is 0 Å². The monoisotopic (exact) mass is 1730 g/mol. The van der Waals surface area contributed by atoms with Gasteiger partial charge in [0.25, 0.3) is 0 Å². The van der Waals surface area contributed by atoms with E-state index in [4.69, 9.17) is 56.1 Å². The van der Waals surface area contributed by atoms with Gasteiger partial charge in [-0.15, -0.1) is 34.0 Å². The second-order valence-electron chi connectivity index (χ2n) is 31.2. The summed E-state index contributed by atoms with van der Waals surface area (Å²) < 4.78 is 43.3. The summed E-state index contributed by atoms with van der Waals surface area (Å²) in [5, 5.41) is 15.0. The number of thiophene rings is 3. The summed E-state index contributed by atoms with van der Waals surface area (Å²) in [7, 11) is 0. The summed E-state index contributed by atoms with van der Waals surface area (Å²) in [6.07, 6.45) is 0. The second kappa shape index (κ2) is 29.6. The molecule has 0 bridgehead atoms. The van der Waals surface area contributed by atoms with E-state index in [0.29, 0.717) is 23.4 Å². The molecular weight excluding hydrogens is 1680 g/mol. The van der Waals surface area contributed by atoms with E-state index in [2.05, 4.69) is 287 Å². The summed E-state index contributed by atoms with van der Waals surface area (Å²) in [6.45, 7) is 0. The van der Waals surface area contributed by atoms with Crippen LogP contribution in [0.4, 0.5) is 0 Å². The predicted molar refractivity (Wildman–Crippen MR) is 531 cm³/mol. The summed E-state index contributed by atoms with van der Waals surface area (Å²) in [5.41, 5.74) is 23.5. The maximum Gasteiger partial charge on any atom is 0.235 e. The van der Waals surface area contributed by atoms with Crippen LogP contribution in [0.2, 0.25) is 0 Å². The van der Waals surface area contributed by atoms with E-state index < -0.39 is 0 Å². The van der Waals surface area contributed by atoms with Crippen LogP contribution in [0.5, 0.6) is 0 Å². The Balaban J connectivity index is 0.000000102. The highest BCUT2D eigenvalue weighted by atomic mass is 32.1. The number of benzene rings is 16. The first-order chi connectivity index (χ1) is 63.0. The van der Waals surface area contributed by atoms with Crippen LogP contribution in [0.1, 0.15) is 0 Å². The minimum atomic E-state index is 0.624. The van der Waals surface area contributed by atoms with Gasteiger partial charge in [0.15, 0.2) is 17.5 Å². The molecule has 0 spiro atoms. The lowest BCUT2D eigenvalue weighted by Gasteiger charge is -2.13. The first kappa shape index (κ1) is 73.1. The fraction of sp³-hybridized carbons (Fsp3) is 0. The van der Waals surface area contributed by atoms with Crippen LogP contribution >= 0.6 is 69.2 Å². The summed E-state index contributed by atoms with van der Waals surface area (Å²) >= 11 is 9.28. The molecule has 0 unspecified atom stereocenters. The molecule has 0 N–H and O–H groups in total. The first-order valence-corrected chi connectivity index (χ1v) is 46.1. The van der Waals surface area contributed by atoms with Gasteiger partial charge >= 0.3 is 0 Å². The van der Waals surface area contributed by atoms with Crippen molar-refractivity contribution in [3.8, 4) is 85.3 Å². The summed E-state index contributed by atoms with van der Waals surface area (Å²) in [6, 6.07) is 124. The van der Waals surface area contributed by atoms with E-state index in [1.807, 2.05) is 108 Å². The first-order valence-electron chi connectivity index (χ1n) is 41.4. The van der Waals surface area contributed by atoms with Crippen LogP contribution in [0.25, 0.3) is 255 Å². The normalized spacial score (nSPS) is 11.9. The highest BCUT2D eigenvalue weighted by Gasteiger charge is 2.30. The van der Waals surface area contributed by atoms with Gasteiger partial charge in [0, 0.05) is 118 Å². The third kappa shape index (κ3) is 11.7. The number of fused-ring (bicyclic) bond motifs is 31. The van der Waals surface area contributed by atoms with Crippen molar-refractivity contribution in [1.82, 2.24) is 69.8 Å². The van der Waals surface area contributed by atoms with Crippen molar-refractivity contribution >= 4 is 239 Å². The molecule has 0 saturated heterocycles. The molecule has 0 saturated carbocycles. The molecule has 0 amide bonds. The predicted octanol–water partition coefficient (Wildman–Crippen LogP) is 29.0. The van der Waals surface area contributed by atoms with E-state index in [1.165, 1.54) is 90.3 Å². The highest BCUT2D eigenvalue weighted by Crippen LogP contribution is 2.52. The number of hydrogen-bond donors (Lipinski definition) is 0. The average molecular weight is 1740 g/mol. The second-order valence-corrected chi connectivity index (χ2v) is 35.9. The van der Waals surface area contributed by atoms with Gasteiger partial charge in [-0.2, -0.15) is 26.2 Å². The van der Waals surface area contributed by atoms with Crippen molar-refractivity contribution in [3.05, 3.63) is 358 Å². The van der Waals surface area contributed by atoms with Gasteiger partial charge in [-0.3, -0.25) is 9.13 Å². The fourth-order valence-corrected chi connectivity index (χ4v) is 24.0. The van der Waals surface area contributed by atoms with Crippen LogP contribution in [0.15, 0.2) is 358 Å². The zero-order valence-electron chi connectivity index (χ0n) is 66.7. The lowest BCUT2D eigenvalue weighted by atomic mass is 10.0. The van der Waals surface area contributed by atoms with E-state index in [1.54, 1.807) is 11.3 Å². The quantitative estimate of drug-likeness (QED) is 0.134. The molecular formula is C106H59N15S6. The van der Waals surface area contributed by atoms with E-state index in [-0.39, 0.29) is 0 Å². The van der Waals surface area contributed by atoms with Gasteiger partial charge in [0.1, 0.15) is 38.9 Å². The molecule has 12 heterocycles. The lowest BCUT2D eigenvalue weighted by Crippen LogP contribution is -2.03. The Labute approximate surface area is 746 Å². The Morgan fingerprint density at radius 2 is 0.575 bits per heavy atom. The number of pyridine rings is 1. The van der Waals surface area contributed by atoms with Crippen molar-refractivity contribution in [1.29, 1.82) is 0 Å². The van der Waals surface area contributed by atoms with Crippen LogP contribution in [-0.4, -0.2) is 69.8 Å². The fourth-order valence-electron chi connectivity index (χ4n) is 18.6. The molecule has 21 heteroatoms. The third-order valence-electron chi connectivity index (χ3n) is 24.1. The topological polar surface area (TPSA) is 169 Å². The SMILES string of the molecule is c1ccc(-c2cc(-c3ccccc3)nc(-n3c4ccccc4c4c5nsnc5c5c6ccccc6sc5c43)c2)cc1.c1ccc(-c2nc(-c3ccccc3)nc(-c3cccc(-n4c5ccccc5c5c6nsnc6c6c7ccccc7sc6c54)c3)n2)cc1.c1ccc(-c2nc(-n3c4ccccc4c4c5nsnc5c5c6ccccc6sc5c43)nc3ccccc23)cc1. The van der Waals surface area contributed by atoms with E-state index in [9.17, 15) is 0 Å². The number of hydrogen-bond acceptors (Lipinski definition) is 18. The Kier molecular flexibility index (Phi) is 17.1. The molecule has 28 aromatic rings. The van der Waals surface area contributed by atoms with Gasteiger partial charge in [-0.05, 0) is 77.9 Å². The van der Waals surface area contributed by atoms with Gasteiger partial charge in [-0.1, -0.05) is 291 Å². The highest BCUT2D eigenvalue weighted by molar-refractivity contribution is 7.28. The van der Waals surface area contributed by atoms with Crippen molar-refractivity contribution < 1.29 is 0 Å². The average Bonchev–Trinajstić information content (AvgIpc) is 1.55. The Morgan fingerprint density at radius 3 is 1.06 bits per heavy atom. The minimum absolute atomic E-state index is 0.624. The minimum Gasteiger partial charge on any atom is -0.308 e. The van der Waals surface area contributed by atoms with E-state index in [0.717, 1.165) is 177 Å². The number of rotatable bonds is 9. The Morgan fingerprint density at radius 1 is 0.220 bits per heavy atom. The molecule has 0 aliphatic heterocycles. The molecule has 127 heavy (non-hydrogen) atoms. The Hall–Kier alpha value is -15.5. The maximum atomic E-state index is 5.33. The smallest absolute Gasteiger partial charge is 0.235 e. The third-order valence-corrected chi connectivity index (χ3v) is 29.2. The van der Waals surface area contributed by atoms with Crippen LogP contribution < -0.4 is 0 Å². The van der Waals surface area contributed by atoms with Crippen molar-refractivity contribution in [2.45, 2.75) is 0 Å². The molecule has 15 nitrogen and oxygen atoms in total. The lowest BCUT2D eigenvalue weighted by molar-refractivity contribution is 1.02. The molecule has 0 fully saturated rings. The van der Waals surface area contributed by atoms with Crippen LogP contribution in [-0.2, 0) is 0 Å². The van der Waals surface area contributed by atoms with E-state index >= 15 is 0 Å². The summed E-state index contributed by atoms with van der Waals surface area (Å²) in [4.78, 5) is 30.7. The number of aromatic nitrogens is 15. The van der Waals surface area contributed by atoms with Gasteiger partial charge in [0.05, 0.1) is 99.3 Å². The Bertz CT molecular complexity index is 9200. The summed E-state index contributed by atoms with van der Waals surface area (Å²) in [5.74, 6) is 3.44. The number of para-hydroxylation sites is 4. The molecule has 12 aromatic heterocycles. The van der Waals surface area contributed by atoms with Crippen molar-refractivity contribution in [2.75, 3.05) is 0 Å². The zero-order chi connectivity index (χ0) is 83.3. The van der Waals surface area contributed by atoms with Crippen molar-refractivity contribution in [2.24, 2.45) is 0 Å². The maximum absolute atomic E-state index is 5.33. The number of nitrogens with zero attached hydrogens (tertiary/aromatic N) is 15. The largest absolute Gasteiger partial charge is 0.308 e. The van der Waals surface area contributed by atoms with Crippen LogP contribution in [0, 0.1) is 0 Å². The van der Waals surface area contributed by atoms with Gasteiger partial charge in [0.2, 0.25) is 5.95 Å². The van der Waals surface area contributed by atoms with Gasteiger partial charge in [-0.25, -0.2) is 29.9 Å². The molecule has 0 radical (unpaired) electrons. The molecule has 0 aliphatic carbocycles. The van der Waals surface area contributed by atoms with Gasteiger partial charge < -0.3 is 4.57 Å². The molecule has 0 atom stereocenters. The molecule has 594 valence electrons. The molecule has 0 aliphatic rings. The molecule has 16 aromatic carbocycles. The standard InChI is InChI=1S/C39H22N6S2.C35H20N4S2.C32H17N5S2/c1-3-12-23(13-4-1)37-40-38(24-14-5-2-6-15-24)42-39(41-37)25-16-11-17-26(22-25)45-29-20-9-7-18-27(29)31-33-34(44-47-43-33)32-28-19-8-10-21-30(28)46-36(32)35(31)45;1-3-11-21(12-4-1)23-19-26(22-13-5-2-6-14-22)36-29(20-23)39-27-17-9-7-15-24(27)30-32-33(38-41-37-32)31-25-16-8-10-18-28(25)40-35(31)34(30)39;1-2-10-18(11-3-1)27-19-12-4-7-15-22(19)33-32(34-27)37-23-16-8-5-13-20(23)25-28-29(36-39-35-28)26-21-14-6-9-17-24(21)38-31(26)30(25)37/h1-22H;1-20H;1-17H.